The van der Waals surface area contributed by atoms with Gasteiger partial charge in [0.25, 0.3) is 0 Å². The normalized spacial score (nSPS) is 18.7. The minimum absolute atomic E-state index is 0.165. The summed E-state index contributed by atoms with van der Waals surface area (Å²) >= 11 is 0. The second kappa shape index (κ2) is 12.7. The van der Waals surface area contributed by atoms with E-state index in [4.69, 9.17) is 0 Å². The molecule has 1 heterocycles. The van der Waals surface area contributed by atoms with Crippen molar-refractivity contribution < 1.29 is 0 Å². The number of anilines is 4. The molecule has 1 aliphatic heterocycles. The van der Waals surface area contributed by atoms with Crippen LogP contribution in [0.25, 0.3) is 21.9 Å². The van der Waals surface area contributed by atoms with Crippen LogP contribution < -0.4 is 9.80 Å². The average molecular weight is 705 g/mol. The van der Waals surface area contributed by atoms with E-state index in [9.17, 15) is 0 Å². The van der Waals surface area contributed by atoms with Crippen molar-refractivity contribution in [1.29, 1.82) is 0 Å². The molecule has 3 atom stereocenters. The smallest absolute Gasteiger partial charge is 0.0713 e. The Hall–Kier alpha value is -6.64. The topological polar surface area (TPSA) is 6.48 Å². The first kappa shape index (κ1) is 31.8. The molecule has 11 rings (SSSR count). The molecule has 3 unspecified atom stereocenters. The summed E-state index contributed by atoms with van der Waals surface area (Å²) in [5.41, 5.74) is 13.8. The molecule has 2 nitrogen and oxygen atoms in total. The number of para-hydroxylation sites is 2. The van der Waals surface area contributed by atoms with Crippen LogP contribution in [0.4, 0.5) is 22.7 Å². The van der Waals surface area contributed by atoms with Gasteiger partial charge in [-0.25, -0.2) is 0 Å². The molecule has 2 heteroatoms. The lowest BCUT2D eigenvalue weighted by molar-refractivity contribution is 0.480. The van der Waals surface area contributed by atoms with Crippen molar-refractivity contribution in [2.45, 2.75) is 29.8 Å². The Morgan fingerprint density at radius 3 is 1.82 bits per heavy atom. The van der Waals surface area contributed by atoms with Gasteiger partial charge in [-0.1, -0.05) is 170 Å². The van der Waals surface area contributed by atoms with Crippen LogP contribution in [0.3, 0.4) is 0 Å². The van der Waals surface area contributed by atoms with Gasteiger partial charge in [0, 0.05) is 28.7 Å². The van der Waals surface area contributed by atoms with Crippen LogP contribution in [0, 0.1) is 0 Å². The first-order valence-electron chi connectivity index (χ1n) is 19.5. The average Bonchev–Trinajstić information content (AvgIpc) is 3.76. The van der Waals surface area contributed by atoms with Crippen LogP contribution in [0.15, 0.2) is 212 Å². The summed E-state index contributed by atoms with van der Waals surface area (Å²) in [6, 6.07) is 74.8. The molecule has 0 saturated carbocycles. The van der Waals surface area contributed by atoms with E-state index in [1.807, 2.05) is 0 Å². The van der Waals surface area contributed by atoms with Crippen molar-refractivity contribution in [3.8, 4) is 11.1 Å². The van der Waals surface area contributed by atoms with E-state index in [1.54, 1.807) is 0 Å². The van der Waals surface area contributed by atoms with Gasteiger partial charge in [0.05, 0.1) is 17.5 Å². The molecule has 2 aliphatic carbocycles. The van der Waals surface area contributed by atoms with Gasteiger partial charge in [-0.05, 0) is 98.6 Å². The highest BCUT2D eigenvalue weighted by atomic mass is 15.3. The van der Waals surface area contributed by atoms with Crippen LogP contribution in [-0.4, -0.2) is 12.1 Å². The number of benzene rings is 8. The molecular weight excluding hydrogens is 665 g/mol. The minimum Gasteiger partial charge on any atom is -0.336 e. The van der Waals surface area contributed by atoms with Crippen molar-refractivity contribution in [3.05, 3.63) is 240 Å². The van der Waals surface area contributed by atoms with E-state index < -0.39 is 5.41 Å². The van der Waals surface area contributed by atoms with Crippen LogP contribution in [0.2, 0.25) is 0 Å². The quantitative estimate of drug-likeness (QED) is 0.159. The zero-order valence-corrected chi connectivity index (χ0v) is 30.5. The Bertz CT molecular complexity index is 2670. The fourth-order valence-electron chi connectivity index (χ4n) is 10.2. The molecule has 0 radical (unpaired) electrons. The minimum atomic E-state index is -0.427. The molecule has 3 aliphatic rings. The van der Waals surface area contributed by atoms with Gasteiger partial charge in [-0.15, -0.1) is 0 Å². The Balaban J connectivity index is 1.08. The van der Waals surface area contributed by atoms with Crippen molar-refractivity contribution in [1.82, 2.24) is 0 Å². The lowest BCUT2D eigenvalue weighted by Crippen LogP contribution is -2.50. The molecule has 8 aromatic rings. The molecule has 0 bridgehead atoms. The highest BCUT2D eigenvalue weighted by molar-refractivity contribution is 5.89. The van der Waals surface area contributed by atoms with Crippen molar-refractivity contribution in [3.63, 3.8) is 0 Å². The van der Waals surface area contributed by atoms with Gasteiger partial charge >= 0.3 is 0 Å². The maximum Gasteiger partial charge on any atom is 0.0713 e. The predicted octanol–water partition coefficient (Wildman–Crippen LogP) is 13.0. The van der Waals surface area contributed by atoms with Crippen LogP contribution in [0.5, 0.6) is 0 Å². The lowest BCUT2D eigenvalue weighted by atomic mass is 9.67. The molecule has 0 fully saturated rings. The molecule has 0 saturated heterocycles. The number of rotatable bonds is 6. The fraction of sp³-hybridized carbons (Fsp3) is 0.0943. The number of hydrogen-bond acceptors (Lipinski definition) is 2. The zero-order valence-electron chi connectivity index (χ0n) is 30.5. The van der Waals surface area contributed by atoms with Gasteiger partial charge in [-0.3, -0.25) is 0 Å². The largest absolute Gasteiger partial charge is 0.336 e. The van der Waals surface area contributed by atoms with E-state index >= 15 is 0 Å². The second-order valence-corrected chi connectivity index (χ2v) is 15.2. The van der Waals surface area contributed by atoms with Crippen molar-refractivity contribution in [2.75, 3.05) is 9.80 Å². The first-order valence-corrected chi connectivity index (χ1v) is 19.5. The Morgan fingerprint density at radius 1 is 0.491 bits per heavy atom. The van der Waals surface area contributed by atoms with E-state index in [0.29, 0.717) is 0 Å². The molecule has 0 amide bonds. The molecule has 55 heavy (non-hydrogen) atoms. The number of fused-ring (bicyclic) bond motifs is 7. The Kier molecular flexibility index (Phi) is 7.38. The highest BCUT2D eigenvalue weighted by Crippen LogP contribution is 2.57. The lowest BCUT2D eigenvalue weighted by Gasteiger charge is -2.44. The SMILES string of the molecule is C1=CC2c3ccccc3N(c3ccc4ccccc4c3)C2C(N(c2ccccc2)c2ccc(C3(c4ccccc4)c4ccccc4-c4ccccc43)cc2)C1. The van der Waals surface area contributed by atoms with Crippen LogP contribution in [-0.2, 0) is 5.41 Å². The summed E-state index contributed by atoms with van der Waals surface area (Å²) in [5.74, 6) is 0.264. The summed E-state index contributed by atoms with van der Waals surface area (Å²) in [5, 5.41) is 2.53. The van der Waals surface area contributed by atoms with E-state index in [-0.39, 0.29) is 18.0 Å². The third-order valence-electron chi connectivity index (χ3n) is 12.5. The van der Waals surface area contributed by atoms with E-state index in [1.165, 1.54) is 72.5 Å². The summed E-state index contributed by atoms with van der Waals surface area (Å²) in [7, 11) is 0. The number of hydrogen-bond donors (Lipinski definition) is 0. The Labute approximate surface area is 323 Å². The molecule has 8 aromatic carbocycles. The summed E-state index contributed by atoms with van der Waals surface area (Å²) in [6.07, 6.45) is 5.82. The zero-order chi connectivity index (χ0) is 36.3. The third kappa shape index (κ3) is 4.81. The number of nitrogens with zero attached hydrogens (tertiary/aromatic N) is 2. The van der Waals surface area contributed by atoms with Gasteiger partial charge < -0.3 is 9.80 Å². The molecular formula is C53H40N2. The van der Waals surface area contributed by atoms with E-state index in [0.717, 1.165) is 6.42 Å². The summed E-state index contributed by atoms with van der Waals surface area (Å²) in [4.78, 5) is 5.26. The first-order chi connectivity index (χ1) is 27.3. The maximum absolute atomic E-state index is 2.64. The molecule has 262 valence electrons. The molecule has 0 aromatic heterocycles. The monoisotopic (exact) mass is 704 g/mol. The highest BCUT2D eigenvalue weighted by Gasteiger charge is 2.48. The summed E-state index contributed by atoms with van der Waals surface area (Å²) in [6.45, 7) is 0. The second-order valence-electron chi connectivity index (χ2n) is 15.2. The predicted molar refractivity (Wildman–Crippen MR) is 229 cm³/mol. The van der Waals surface area contributed by atoms with Crippen molar-refractivity contribution >= 4 is 33.5 Å². The van der Waals surface area contributed by atoms with E-state index in [2.05, 4.69) is 222 Å². The van der Waals surface area contributed by atoms with Gasteiger partial charge in [0.15, 0.2) is 0 Å². The van der Waals surface area contributed by atoms with Crippen LogP contribution in [0.1, 0.15) is 40.2 Å². The summed E-state index contributed by atoms with van der Waals surface area (Å²) < 4.78 is 0. The standard InChI is InChI=1S/C53H40N2/c1-3-18-39(19-4-1)53(48-26-12-9-22-44(48)45-23-10-13-27-49(45)53)40-31-34-42(35-32-40)54(41-20-5-2-6-21-41)51-29-15-25-47-46-24-11-14-28-50(46)55(52(47)51)43-33-30-37-16-7-8-17-38(37)36-43/h1-28,30-36,47,51-52H,29H2. The van der Waals surface area contributed by atoms with Gasteiger partial charge in [0.1, 0.15) is 0 Å². The fourth-order valence-corrected chi connectivity index (χ4v) is 10.2. The third-order valence-corrected chi connectivity index (χ3v) is 12.5. The van der Waals surface area contributed by atoms with Crippen molar-refractivity contribution in [2.24, 2.45) is 0 Å². The molecule has 0 spiro atoms. The molecule has 0 N–H and O–H groups in total. The maximum atomic E-state index is 2.64. The van der Waals surface area contributed by atoms with Crippen LogP contribution >= 0.6 is 0 Å². The Morgan fingerprint density at radius 2 is 1.07 bits per heavy atom. The van der Waals surface area contributed by atoms with Gasteiger partial charge in [0.2, 0.25) is 0 Å². The van der Waals surface area contributed by atoms with Gasteiger partial charge in [-0.2, -0.15) is 0 Å².